The molecule has 0 spiro atoms. The molecule has 0 amide bonds. The normalized spacial score (nSPS) is 11.0. The van der Waals surface area contributed by atoms with E-state index in [0.29, 0.717) is 0 Å². The quantitative estimate of drug-likeness (QED) is 0.745. The van der Waals surface area contributed by atoms with Gasteiger partial charge in [-0.05, 0) is 37.6 Å². The van der Waals surface area contributed by atoms with Crippen LogP contribution in [0, 0.1) is 6.92 Å². The summed E-state index contributed by atoms with van der Waals surface area (Å²) in [6, 6.07) is 6.56. The molecular weight excluding hydrogens is 158 g/mol. The van der Waals surface area contributed by atoms with Gasteiger partial charge in [0.05, 0.1) is 0 Å². The summed E-state index contributed by atoms with van der Waals surface area (Å²) in [6.45, 7) is 5.12. The van der Waals surface area contributed by atoms with E-state index in [4.69, 9.17) is 0 Å². The number of rotatable bonds is 3. The Morgan fingerprint density at radius 1 is 1.38 bits per heavy atom. The Morgan fingerprint density at radius 2 is 2.15 bits per heavy atom. The monoisotopic (exact) mass is 175 g/mol. The summed E-state index contributed by atoms with van der Waals surface area (Å²) < 4.78 is 0. The zero-order valence-electron chi connectivity index (χ0n) is 8.59. The van der Waals surface area contributed by atoms with Crippen LogP contribution in [0.3, 0.4) is 0 Å². The first-order chi connectivity index (χ1) is 6.27. The molecule has 0 atom stereocenters. The lowest BCUT2D eigenvalue weighted by Gasteiger charge is -2.04. The molecule has 1 aromatic carbocycles. The van der Waals surface area contributed by atoms with Crippen molar-refractivity contribution in [3.05, 3.63) is 41.0 Å². The lowest BCUT2D eigenvalue weighted by molar-refractivity contribution is 0.817. The molecule has 0 fully saturated rings. The third kappa shape index (κ3) is 2.71. The van der Waals surface area contributed by atoms with Crippen molar-refractivity contribution < 1.29 is 0 Å². The van der Waals surface area contributed by atoms with Crippen LogP contribution in [-0.2, 0) is 6.54 Å². The smallest absolute Gasteiger partial charge is 0.0202 e. The van der Waals surface area contributed by atoms with Crippen LogP contribution in [0.1, 0.15) is 23.6 Å². The molecule has 13 heavy (non-hydrogen) atoms. The van der Waals surface area contributed by atoms with Gasteiger partial charge in [0, 0.05) is 6.54 Å². The second kappa shape index (κ2) is 4.83. The predicted octanol–water partition coefficient (Wildman–Crippen LogP) is 2.75. The molecule has 0 unspecified atom stereocenters. The molecule has 0 saturated carbocycles. The van der Waals surface area contributed by atoms with Gasteiger partial charge in [-0.2, -0.15) is 0 Å². The summed E-state index contributed by atoms with van der Waals surface area (Å²) in [6.07, 6.45) is 4.22. The Morgan fingerprint density at radius 3 is 2.77 bits per heavy atom. The van der Waals surface area contributed by atoms with E-state index in [1.807, 2.05) is 14.0 Å². The fourth-order valence-corrected chi connectivity index (χ4v) is 1.36. The Bertz CT molecular complexity index is 300. The average molecular weight is 175 g/mol. The standard InChI is InChI=1S/C12H17N/c1-4-5-12-8-11(9-13-3)7-6-10(12)2/h4-8,13H,9H2,1-3H3/b5-4+. The van der Waals surface area contributed by atoms with Crippen molar-refractivity contribution in [1.82, 2.24) is 5.32 Å². The first-order valence-electron chi connectivity index (χ1n) is 4.64. The third-order valence-corrected chi connectivity index (χ3v) is 2.07. The van der Waals surface area contributed by atoms with Crippen LogP contribution in [0.4, 0.5) is 0 Å². The maximum atomic E-state index is 3.15. The average Bonchev–Trinajstić information content (AvgIpc) is 2.12. The third-order valence-electron chi connectivity index (χ3n) is 2.07. The molecule has 0 aliphatic rings. The highest BCUT2D eigenvalue weighted by molar-refractivity contribution is 5.54. The van der Waals surface area contributed by atoms with Gasteiger partial charge in [0.25, 0.3) is 0 Å². The molecule has 1 rings (SSSR count). The molecule has 1 nitrogen and oxygen atoms in total. The molecule has 70 valence electrons. The van der Waals surface area contributed by atoms with Gasteiger partial charge in [0.2, 0.25) is 0 Å². The molecule has 0 saturated heterocycles. The molecule has 0 aliphatic heterocycles. The van der Waals surface area contributed by atoms with Gasteiger partial charge in [-0.15, -0.1) is 0 Å². The Balaban J connectivity index is 2.96. The van der Waals surface area contributed by atoms with Crippen LogP contribution < -0.4 is 5.32 Å². The van der Waals surface area contributed by atoms with E-state index in [0.717, 1.165) is 6.54 Å². The van der Waals surface area contributed by atoms with Crippen molar-refractivity contribution in [2.24, 2.45) is 0 Å². The van der Waals surface area contributed by atoms with E-state index < -0.39 is 0 Å². The van der Waals surface area contributed by atoms with Gasteiger partial charge >= 0.3 is 0 Å². The van der Waals surface area contributed by atoms with Crippen LogP contribution in [0.2, 0.25) is 0 Å². The Hall–Kier alpha value is -1.08. The Labute approximate surface area is 80.5 Å². The van der Waals surface area contributed by atoms with Crippen LogP contribution in [0.25, 0.3) is 6.08 Å². The maximum Gasteiger partial charge on any atom is 0.0202 e. The molecule has 0 aromatic heterocycles. The van der Waals surface area contributed by atoms with Crippen molar-refractivity contribution in [3.63, 3.8) is 0 Å². The molecule has 0 aliphatic carbocycles. The summed E-state index contributed by atoms with van der Waals surface area (Å²) in [4.78, 5) is 0. The second-order valence-electron chi connectivity index (χ2n) is 3.22. The molecule has 1 N–H and O–H groups in total. The zero-order valence-corrected chi connectivity index (χ0v) is 8.59. The highest BCUT2D eigenvalue weighted by Crippen LogP contribution is 2.12. The number of benzene rings is 1. The number of hydrogen-bond donors (Lipinski definition) is 1. The van der Waals surface area contributed by atoms with E-state index in [9.17, 15) is 0 Å². The lowest BCUT2D eigenvalue weighted by Crippen LogP contribution is -2.05. The minimum Gasteiger partial charge on any atom is -0.316 e. The molecule has 0 radical (unpaired) electrons. The summed E-state index contributed by atoms with van der Waals surface area (Å²) in [7, 11) is 1.97. The van der Waals surface area contributed by atoms with Crippen LogP contribution in [0.5, 0.6) is 0 Å². The van der Waals surface area contributed by atoms with E-state index >= 15 is 0 Å². The van der Waals surface area contributed by atoms with Gasteiger partial charge in [0.1, 0.15) is 0 Å². The van der Waals surface area contributed by atoms with Crippen molar-refractivity contribution >= 4 is 6.08 Å². The zero-order chi connectivity index (χ0) is 9.68. The fraction of sp³-hybridized carbons (Fsp3) is 0.333. The van der Waals surface area contributed by atoms with Crippen LogP contribution in [-0.4, -0.2) is 7.05 Å². The topological polar surface area (TPSA) is 12.0 Å². The van der Waals surface area contributed by atoms with Gasteiger partial charge in [-0.1, -0.05) is 30.4 Å². The van der Waals surface area contributed by atoms with Gasteiger partial charge < -0.3 is 5.32 Å². The van der Waals surface area contributed by atoms with Crippen molar-refractivity contribution in [2.45, 2.75) is 20.4 Å². The van der Waals surface area contributed by atoms with Crippen LogP contribution in [0.15, 0.2) is 24.3 Å². The first-order valence-corrected chi connectivity index (χ1v) is 4.64. The molecular formula is C12H17N. The highest BCUT2D eigenvalue weighted by Gasteiger charge is 1.95. The lowest BCUT2D eigenvalue weighted by atomic mass is 10.0. The van der Waals surface area contributed by atoms with E-state index in [-0.39, 0.29) is 0 Å². The first kappa shape index (κ1) is 10.0. The highest BCUT2D eigenvalue weighted by atomic mass is 14.8. The van der Waals surface area contributed by atoms with E-state index in [1.165, 1.54) is 16.7 Å². The van der Waals surface area contributed by atoms with E-state index in [1.54, 1.807) is 0 Å². The number of nitrogens with one attached hydrogen (secondary N) is 1. The summed E-state index contributed by atoms with van der Waals surface area (Å²) >= 11 is 0. The molecule has 1 heteroatoms. The minimum absolute atomic E-state index is 0.935. The summed E-state index contributed by atoms with van der Waals surface area (Å²) in [5.74, 6) is 0. The summed E-state index contributed by atoms with van der Waals surface area (Å²) in [5, 5.41) is 3.15. The van der Waals surface area contributed by atoms with Gasteiger partial charge in [0.15, 0.2) is 0 Å². The molecule has 1 aromatic rings. The Kier molecular flexibility index (Phi) is 3.71. The van der Waals surface area contributed by atoms with Gasteiger partial charge in [-0.3, -0.25) is 0 Å². The fourth-order valence-electron chi connectivity index (χ4n) is 1.36. The minimum atomic E-state index is 0.935. The SMILES string of the molecule is C/C=C/c1cc(CNC)ccc1C. The maximum absolute atomic E-state index is 3.15. The largest absolute Gasteiger partial charge is 0.316 e. The number of allylic oxidation sites excluding steroid dienone is 1. The van der Waals surface area contributed by atoms with Gasteiger partial charge in [-0.25, -0.2) is 0 Å². The summed E-state index contributed by atoms with van der Waals surface area (Å²) in [5.41, 5.74) is 3.98. The van der Waals surface area contributed by atoms with Crippen LogP contribution >= 0.6 is 0 Å². The number of aryl methyl sites for hydroxylation is 1. The second-order valence-corrected chi connectivity index (χ2v) is 3.22. The number of hydrogen-bond acceptors (Lipinski definition) is 1. The van der Waals surface area contributed by atoms with Crippen molar-refractivity contribution in [3.8, 4) is 0 Å². The van der Waals surface area contributed by atoms with Crippen molar-refractivity contribution in [2.75, 3.05) is 7.05 Å². The molecule has 0 bridgehead atoms. The molecule has 0 heterocycles. The van der Waals surface area contributed by atoms with E-state index in [2.05, 4.69) is 42.6 Å². The van der Waals surface area contributed by atoms with Crippen molar-refractivity contribution in [1.29, 1.82) is 0 Å². The predicted molar refractivity (Wildman–Crippen MR) is 58.7 cm³/mol.